The number of carbonyl (C=O) groups excluding carboxylic acids is 4. The average Bonchev–Trinajstić information content (AvgIpc) is 2.62. The van der Waals surface area contributed by atoms with E-state index in [4.69, 9.17) is 16.6 Å². The van der Waals surface area contributed by atoms with Crippen LogP contribution in [-0.2, 0) is 24.0 Å². The van der Waals surface area contributed by atoms with Crippen molar-refractivity contribution in [2.24, 2.45) is 11.5 Å². The average molecular weight is 438 g/mol. The highest BCUT2D eigenvalue weighted by Gasteiger charge is 2.29. The summed E-state index contributed by atoms with van der Waals surface area (Å²) in [7, 11) is 0. The third-order valence-electron chi connectivity index (χ3n) is 3.56. The fourth-order valence-corrected chi connectivity index (χ4v) is 2.66. The SMILES string of the molecule is CSCCC(N)C(=O)NC(C)C(=O)NC(CC(N)=O)C(=O)NC(CS)C(=O)O. The lowest BCUT2D eigenvalue weighted by molar-refractivity contribution is -0.141. The molecule has 0 rings (SSSR count). The molecule has 11 nitrogen and oxygen atoms in total. The Balaban J connectivity index is 4.95. The summed E-state index contributed by atoms with van der Waals surface area (Å²) in [6, 6.07) is -4.55. The molecule has 0 spiro atoms. The Bertz CT molecular complexity index is 591. The van der Waals surface area contributed by atoms with Gasteiger partial charge in [-0.05, 0) is 25.4 Å². The zero-order valence-electron chi connectivity index (χ0n) is 15.6. The van der Waals surface area contributed by atoms with Gasteiger partial charge in [0.1, 0.15) is 18.1 Å². The summed E-state index contributed by atoms with van der Waals surface area (Å²) in [5, 5.41) is 15.8. The van der Waals surface area contributed by atoms with Crippen LogP contribution in [-0.4, -0.2) is 76.6 Å². The van der Waals surface area contributed by atoms with E-state index < -0.39 is 60.2 Å². The molecule has 0 aromatic carbocycles. The molecular weight excluding hydrogens is 410 g/mol. The lowest BCUT2D eigenvalue weighted by Gasteiger charge is -2.22. The first kappa shape index (κ1) is 26.0. The Morgan fingerprint density at radius 3 is 2.07 bits per heavy atom. The molecule has 0 fully saturated rings. The molecule has 0 aliphatic rings. The van der Waals surface area contributed by atoms with Crippen molar-refractivity contribution in [3.63, 3.8) is 0 Å². The summed E-state index contributed by atoms with van der Waals surface area (Å²) in [6.45, 7) is 1.38. The number of carboxylic acid groups (broad SMARTS) is 1. The minimum Gasteiger partial charge on any atom is -0.480 e. The molecule has 13 heteroatoms. The van der Waals surface area contributed by atoms with E-state index in [0.29, 0.717) is 12.2 Å². The molecule has 4 amide bonds. The van der Waals surface area contributed by atoms with Gasteiger partial charge < -0.3 is 32.5 Å². The molecule has 4 atom stereocenters. The molecule has 4 unspecified atom stereocenters. The Morgan fingerprint density at radius 1 is 1.04 bits per heavy atom. The number of hydrogen-bond donors (Lipinski definition) is 7. The second kappa shape index (κ2) is 13.2. The molecular formula is C15H27N5O6S2. The number of thiol groups is 1. The largest absolute Gasteiger partial charge is 0.480 e. The summed E-state index contributed by atoms with van der Waals surface area (Å²) < 4.78 is 0. The highest BCUT2D eigenvalue weighted by molar-refractivity contribution is 7.98. The molecule has 0 aliphatic carbocycles. The Morgan fingerprint density at radius 2 is 1.61 bits per heavy atom. The molecule has 0 saturated carbocycles. The summed E-state index contributed by atoms with van der Waals surface area (Å²) in [4.78, 5) is 58.6. The first-order valence-corrected chi connectivity index (χ1v) is 10.3. The van der Waals surface area contributed by atoms with E-state index >= 15 is 0 Å². The molecule has 28 heavy (non-hydrogen) atoms. The maximum Gasteiger partial charge on any atom is 0.327 e. The summed E-state index contributed by atoms with van der Waals surface area (Å²) in [5.41, 5.74) is 10.8. The standard InChI is InChI=1S/C15H27N5O6S2/c1-7(18-13(23)8(16)3-4-28-2)12(22)19-9(5-11(17)21)14(24)20-10(6-27)15(25)26/h7-10,27H,3-6,16H2,1-2H3,(H2,17,21)(H,18,23)(H,19,22)(H,20,24)(H,25,26). The predicted molar refractivity (Wildman–Crippen MR) is 108 cm³/mol. The number of nitrogens with one attached hydrogen (secondary N) is 3. The first-order valence-electron chi connectivity index (χ1n) is 8.31. The van der Waals surface area contributed by atoms with Gasteiger partial charge in [-0.2, -0.15) is 24.4 Å². The fourth-order valence-electron chi connectivity index (χ4n) is 1.93. The third-order valence-corrected chi connectivity index (χ3v) is 4.57. The second-order valence-electron chi connectivity index (χ2n) is 5.93. The van der Waals surface area contributed by atoms with Crippen molar-refractivity contribution in [1.29, 1.82) is 0 Å². The van der Waals surface area contributed by atoms with E-state index in [-0.39, 0.29) is 5.75 Å². The summed E-state index contributed by atoms with van der Waals surface area (Å²) in [5.74, 6) is -3.94. The Hall–Kier alpha value is -1.99. The van der Waals surface area contributed by atoms with Gasteiger partial charge in [-0.3, -0.25) is 19.2 Å². The number of aliphatic carboxylic acids is 1. The maximum atomic E-state index is 12.3. The maximum absolute atomic E-state index is 12.3. The Labute approximate surface area is 172 Å². The highest BCUT2D eigenvalue weighted by Crippen LogP contribution is 2.00. The number of carboxylic acids is 1. The predicted octanol–water partition coefficient (Wildman–Crippen LogP) is -2.57. The number of nitrogens with two attached hydrogens (primary N) is 2. The van der Waals surface area contributed by atoms with Gasteiger partial charge in [0.15, 0.2) is 0 Å². The van der Waals surface area contributed by atoms with Crippen LogP contribution in [0.15, 0.2) is 0 Å². The third kappa shape index (κ3) is 9.80. The van der Waals surface area contributed by atoms with Gasteiger partial charge in [0.05, 0.1) is 12.5 Å². The van der Waals surface area contributed by atoms with Crippen molar-refractivity contribution in [3.05, 3.63) is 0 Å². The van der Waals surface area contributed by atoms with Crippen molar-refractivity contribution in [2.45, 2.75) is 43.9 Å². The second-order valence-corrected chi connectivity index (χ2v) is 7.28. The van der Waals surface area contributed by atoms with Crippen LogP contribution >= 0.6 is 24.4 Å². The molecule has 0 radical (unpaired) electrons. The van der Waals surface area contributed by atoms with Gasteiger partial charge in [-0.1, -0.05) is 0 Å². The van der Waals surface area contributed by atoms with Crippen LogP contribution in [0.4, 0.5) is 0 Å². The molecule has 160 valence electrons. The van der Waals surface area contributed by atoms with Crippen LogP contribution in [0.2, 0.25) is 0 Å². The number of amides is 4. The molecule has 8 N–H and O–H groups in total. The van der Waals surface area contributed by atoms with Crippen molar-refractivity contribution in [2.75, 3.05) is 17.8 Å². The van der Waals surface area contributed by atoms with Gasteiger partial charge in [0.25, 0.3) is 0 Å². The number of carbonyl (C=O) groups is 5. The zero-order valence-corrected chi connectivity index (χ0v) is 17.3. The van der Waals surface area contributed by atoms with Crippen molar-refractivity contribution >= 4 is 54.0 Å². The van der Waals surface area contributed by atoms with Gasteiger partial charge >= 0.3 is 5.97 Å². The van der Waals surface area contributed by atoms with Crippen molar-refractivity contribution in [3.8, 4) is 0 Å². The van der Waals surface area contributed by atoms with Crippen LogP contribution in [0.25, 0.3) is 0 Å². The molecule has 0 aromatic rings. The quantitative estimate of drug-likeness (QED) is 0.153. The van der Waals surface area contributed by atoms with E-state index in [2.05, 4.69) is 28.6 Å². The van der Waals surface area contributed by atoms with Gasteiger partial charge in [0.2, 0.25) is 23.6 Å². The van der Waals surface area contributed by atoms with Gasteiger partial charge in [-0.15, -0.1) is 0 Å². The van der Waals surface area contributed by atoms with Crippen LogP contribution < -0.4 is 27.4 Å². The molecule has 0 heterocycles. The lowest BCUT2D eigenvalue weighted by atomic mass is 10.1. The smallest absolute Gasteiger partial charge is 0.327 e. The van der Waals surface area contributed by atoms with E-state index in [1.807, 2.05) is 6.26 Å². The van der Waals surface area contributed by atoms with Crippen molar-refractivity contribution in [1.82, 2.24) is 16.0 Å². The summed E-state index contributed by atoms with van der Waals surface area (Å²) in [6.07, 6.45) is 1.74. The van der Waals surface area contributed by atoms with Crippen molar-refractivity contribution < 1.29 is 29.1 Å². The minimum atomic E-state index is -1.41. The molecule has 0 saturated heterocycles. The van der Waals surface area contributed by atoms with Gasteiger partial charge in [-0.25, -0.2) is 4.79 Å². The first-order chi connectivity index (χ1) is 13.0. The molecule has 0 aromatic heterocycles. The van der Waals surface area contributed by atoms with Crippen LogP contribution in [0.1, 0.15) is 19.8 Å². The normalized spacial score (nSPS) is 14.9. The molecule has 0 aliphatic heterocycles. The monoisotopic (exact) mass is 437 g/mol. The number of thioether (sulfide) groups is 1. The fraction of sp³-hybridized carbons (Fsp3) is 0.667. The zero-order chi connectivity index (χ0) is 21.9. The number of rotatable bonds is 13. The van der Waals surface area contributed by atoms with Gasteiger partial charge in [0, 0.05) is 5.75 Å². The number of primary amides is 1. The number of hydrogen-bond acceptors (Lipinski definition) is 8. The van der Waals surface area contributed by atoms with E-state index in [9.17, 15) is 24.0 Å². The molecule has 0 bridgehead atoms. The van der Waals surface area contributed by atoms with Crippen LogP contribution in [0, 0.1) is 0 Å². The minimum absolute atomic E-state index is 0.196. The van der Waals surface area contributed by atoms with E-state index in [1.165, 1.54) is 18.7 Å². The highest BCUT2D eigenvalue weighted by atomic mass is 32.2. The Kier molecular flexibility index (Phi) is 12.3. The van der Waals surface area contributed by atoms with E-state index in [0.717, 1.165) is 0 Å². The lowest BCUT2D eigenvalue weighted by Crippen LogP contribution is -2.57. The van der Waals surface area contributed by atoms with Crippen LogP contribution in [0.5, 0.6) is 0 Å². The van der Waals surface area contributed by atoms with Crippen LogP contribution in [0.3, 0.4) is 0 Å². The van der Waals surface area contributed by atoms with E-state index in [1.54, 1.807) is 0 Å². The summed E-state index contributed by atoms with van der Waals surface area (Å²) >= 11 is 5.34. The topological polar surface area (TPSA) is 194 Å².